The van der Waals surface area contributed by atoms with Gasteiger partial charge in [-0.05, 0) is 119 Å². The van der Waals surface area contributed by atoms with Crippen LogP contribution in [0.4, 0.5) is 17.6 Å². The molecule has 1 aromatic heterocycles. The molecule has 4 aromatic carbocycles. The Labute approximate surface area is 324 Å². The third-order valence-corrected chi connectivity index (χ3v) is 14.8. The highest BCUT2D eigenvalue weighted by Crippen LogP contribution is 2.56. The van der Waals surface area contributed by atoms with E-state index in [2.05, 4.69) is 36.4 Å². The molecule has 2 saturated carbocycles. The summed E-state index contributed by atoms with van der Waals surface area (Å²) in [7, 11) is 0. The van der Waals surface area contributed by atoms with E-state index in [-0.39, 0.29) is 39.9 Å². The summed E-state index contributed by atoms with van der Waals surface area (Å²) < 4.78 is 58.8. The van der Waals surface area contributed by atoms with Crippen molar-refractivity contribution in [3.05, 3.63) is 151 Å². The fraction of sp³-hybridized carbons (Fsp3) is 0.271. The van der Waals surface area contributed by atoms with E-state index in [1.54, 1.807) is 17.4 Å². The van der Waals surface area contributed by atoms with Gasteiger partial charge in [-0.1, -0.05) is 56.8 Å². The molecule has 5 aromatic rings. The minimum absolute atomic E-state index is 0.0459. The minimum Gasteiger partial charge on any atom is -0.289 e. The van der Waals surface area contributed by atoms with Crippen LogP contribution >= 0.6 is 11.3 Å². The zero-order valence-corrected chi connectivity index (χ0v) is 31.2. The number of benzene rings is 4. The van der Waals surface area contributed by atoms with Gasteiger partial charge in [-0.3, -0.25) is 14.4 Å². The van der Waals surface area contributed by atoms with Gasteiger partial charge in [-0.2, -0.15) is 0 Å². The Morgan fingerprint density at radius 2 is 0.982 bits per heavy atom. The monoisotopic (exact) mass is 766 g/mol. The van der Waals surface area contributed by atoms with Gasteiger partial charge in [0.15, 0.2) is 40.6 Å². The van der Waals surface area contributed by atoms with E-state index in [4.69, 9.17) is 0 Å². The Morgan fingerprint density at radius 1 is 0.518 bits per heavy atom. The summed E-state index contributed by atoms with van der Waals surface area (Å²) >= 11 is 1.73. The lowest BCUT2D eigenvalue weighted by atomic mass is 9.66. The molecule has 0 bridgehead atoms. The van der Waals surface area contributed by atoms with E-state index >= 15 is 0 Å². The first kappa shape index (κ1) is 34.1. The number of allylic oxidation sites excluding steroid dienone is 6. The lowest BCUT2D eigenvalue weighted by Gasteiger charge is -2.37. The van der Waals surface area contributed by atoms with Crippen molar-refractivity contribution in [2.45, 2.75) is 81.5 Å². The summed E-state index contributed by atoms with van der Waals surface area (Å²) in [5.74, 6) is -5.63. The molecule has 0 amide bonds. The minimum atomic E-state index is -1.15. The van der Waals surface area contributed by atoms with Crippen LogP contribution in [0.25, 0.3) is 32.3 Å². The fourth-order valence-electron chi connectivity index (χ4n) is 11.0. The normalized spacial score (nSPS) is 21.0. The molecule has 6 aliphatic rings. The molecule has 278 valence electrons. The SMILES string of the molecule is O=C1/C(=C/C2=Cc3cc4sc5cc6c(cc5c4cc3C23CCCCC3)C2(CCCCC2)C(C=C2C(=O)c3cc(F)c(F)cc3C2=O)=C6)Cc2cc(F)c(F)cc21. The molecule has 1 heterocycles. The number of fused-ring (bicyclic) bond motifs is 9. The molecular formula is C48H34F4O3S. The lowest BCUT2D eigenvalue weighted by molar-refractivity contribution is 0.0985. The van der Waals surface area contributed by atoms with Gasteiger partial charge in [-0.25, -0.2) is 17.6 Å². The maximum atomic E-state index is 14.1. The van der Waals surface area contributed by atoms with Crippen LogP contribution in [0.15, 0.2) is 83.0 Å². The molecule has 0 aliphatic heterocycles. The molecule has 11 rings (SSSR count). The molecule has 0 N–H and O–H groups in total. The Balaban J connectivity index is 1.01. The van der Waals surface area contributed by atoms with Crippen molar-refractivity contribution in [1.29, 1.82) is 0 Å². The Bertz CT molecular complexity index is 2790. The van der Waals surface area contributed by atoms with Crippen LogP contribution in [-0.4, -0.2) is 17.3 Å². The molecule has 0 atom stereocenters. The largest absolute Gasteiger partial charge is 0.289 e. The van der Waals surface area contributed by atoms with Gasteiger partial charge >= 0.3 is 0 Å². The maximum Gasteiger partial charge on any atom is 0.197 e. The number of carbonyl (C=O) groups is 3. The zero-order chi connectivity index (χ0) is 38.2. The quantitative estimate of drug-likeness (QED) is 0.102. The van der Waals surface area contributed by atoms with Gasteiger partial charge in [0.05, 0.1) is 5.57 Å². The smallest absolute Gasteiger partial charge is 0.197 e. The number of carbonyl (C=O) groups excluding carboxylic acids is 3. The number of Topliss-reactive ketones (excluding diaryl/α,β-unsaturated/α-hetero) is 3. The molecule has 6 aliphatic carbocycles. The van der Waals surface area contributed by atoms with Crippen molar-refractivity contribution >= 4 is 61.0 Å². The number of hydrogen-bond acceptors (Lipinski definition) is 4. The molecule has 0 radical (unpaired) electrons. The predicted molar refractivity (Wildman–Crippen MR) is 210 cm³/mol. The zero-order valence-electron chi connectivity index (χ0n) is 30.4. The molecule has 2 fully saturated rings. The van der Waals surface area contributed by atoms with Crippen LogP contribution in [0.2, 0.25) is 0 Å². The maximum absolute atomic E-state index is 14.1. The molecule has 56 heavy (non-hydrogen) atoms. The van der Waals surface area contributed by atoms with E-state index in [0.29, 0.717) is 11.1 Å². The first-order chi connectivity index (χ1) is 27.0. The highest BCUT2D eigenvalue weighted by atomic mass is 32.1. The molecule has 3 nitrogen and oxygen atoms in total. The molecule has 0 unspecified atom stereocenters. The lowest BCUT2D eigenvalue weighted by Crippen LogP contribution is -2.29. The van der Waals surface area contributed by atoms with Crippen LogP contribution in [0.3, 0.4) is 0 Å². The van der Waals surface area contributed by atoms with Crippen LogP contribution in [0, 0.1) is 23.3 Å². The summed E-state index contributed by atoms with van der Waals surface area (Å²) in [4.78, 5) is 40.4. The van der Waals surface area contributed by atoms with Crippen molar-refractivity contribution in [2.24, 2.45) is 0 Å². The van der Waals surface area contributed by atoms with Gasteiger partial charge in [-0.15, -0.1) is 11.3 Å². The number of thiophene rings is 1. The summed E-state index contributed by atoms with van der Waals surface area (Å²) in [5.41, 5.74) is 7.10. The number of rotatable bonds is 2. The molecular weight excluding hydrogens is 733 g/mol. The standard InChI is InChI=1S/C48H34F4O3S/c49-38-15-24-11-27(44(53)30(24)21-39(38)50)14-28-12-25-16-42-31(19-36(25)47(28)7-3-1-4-8-47)32-20-37-26(17-43(32)56-42)13-29(48(37)9-5-2-6-10-48)18-35-45(54)33-22-40(51)41(52)23-34(33)46(35)55/h12-23H,1-11H2/b27-14+. The molecule has 8 heteroatoms. The molecule has 0 saturated heterocycles. The third-order valence-electron chi connectivity index (χ3n) is 13.7. The van der Waals surface area contributed by atoms with E-state index in [1.807, 2.05) is 6.08 Å². The van der Waals surface area contributed by atoms with E-state index in [9.17, 15) is 31.9 Å². The third kappa shape index (κ3) is 4.65. The van der Waals surface area contributed by atoms with Gasteiger partial charge in [0.2, 0.25) is 0 Å². The van der Waals surface area contributed by atoms with Crippen LogP contribution in [0.1, 0.15) is 123 Å². The first-order valence-corrected chi connectivity index (χ1v) is 20.4. The van der Waals surface area contributed by atoms with Crippen molar-refractivity contribution in [1.82, 2.24) is 0 Å². The summed E-state index contributed by atoms with van der Waals surface area (Å²) in [6, 6.07) is 13.1. The summed E-state index contributed by atoms with van der Waals surface area (Å²) in [6.07, 6.45) is 18.3. The van der Waals surface area contributed by atoms with Crippen molar-refractivity contribution in [3.8, 4) is 0 Å². The van der Waals surface area contributed by atoms with Crippen LogP contribution < -0.4 is 0 Å². The van der Waals surface area contributed by atoms with E-state index in [1.165, 1.54) is 16.5 Å². The van der Waals surface area contributed by atoms with Crippen LogP contribution in [0.5, 0.6) is 0 Å². The van der Waals surface area contributed by atoms with Gasteiger partial charge in [0.25, 0.3) is 0 Å². The second-order valence-electron chi connectivity index (χ2n) is 16.6. The number of ketones is 3. The highest BCUT2D eigenvalue weighted by molar-refractivity contribution is 7.25. The Kier molecular flexibility index (Phi) is 7.24. The second-order valence-corrected chi connectivity index (χ2v) is 17.7. The summed E-state index contributed by atoms with van der Waals surface area (Å²) in [6.45, 7) is 0. The predicted octanol–water partition coefficient (Wildman–Crippen LogP) is 12.2. The Morgan fingerprint density at radius 3 is 1.50 bits per heavy atom. The van der Waals surface area contributed by atoms with E-state index in [0.717, 1.165) is 126 Å². The number of halogens is 4. The topological polar surface area (TPSA) is 51.2 Å². The van der Waals surface area contributed by atoms with E-state index < -0.39 is 40.3 Å². The van der Waals surface area contributed by atoms with Gasteiger partial charge in [0, 0.05) is 59.7 Å². The average molecular weight is 767 g/mol. The first-order valence-electron chi connectivity index (χ1n) is 19.6. The summed E-state index contributed by atoms with van der Waals surface area (Å²) in [5, 5.41) is 2.33. The van der Waals surface area contributed by atoms with Crippen molar-refractivity contribution in [3.63, 3.8) is 0 Å². The Hall–Kier alpha value is -5.21. The second kappa shape index (κ2) is 11.9. The van der Waals surface area contributed by atoms with Gasteiger partial charge < -0.3 is 0 Å². The van der Waals surface area contributed by atoms with Crippen molar-refractivity contribution < 1.29 is 31.9 Å². The molecule has 2 spiro atoms. The highest BCUT2D eigenvalue weighted by Gasteiger charge is 2.45. The van der Waals surface area contributed by atoms with Gasteiger partial charge in [0.1, 0.15) is 0 Å². The number of hydrogen-bond donors (Lipinski definition) is 0. The fourth-order valence-corrected chi connectivity index (χ4v) is 12.2. The average Bonchev–Trinajstić information content (AvgIpc) is 3.92. The van der Waals surface area contributed by atoms with Crippen LogP contribution in [-0.2, 0) is 17.3 Å². The van der Waals surface area contributed by atoms with Crippen molar-refractivity contribution in [2.75, 3.05) is 0 Å².